The van der Waals surface area contributed by atoms with E-state index in [1.807, 2.05) is 53.6 Å². The number of aromatic nitrogens is 3. The molecule has 9 heteroatoms. The number of ether oxygens (including phenoxy) is 3. The number of carbonyl (C=O) groups is 1. The van der Waals surface area contributed by atoms with Crippen molar-refractivity contribution < 1.29 is 19.0 Å². The quantitative estimate of drug-likeness (QED) is 0.456. The fourth-order valence-corrected chi connectivity index (χ4v) is 4.39. The molecule has 0 radical (unpaired) electrons. The van der Waals surface area contributed by atoms with E-state index < -0.39 is 0 Å². The van der Waals surface area contributed by atoms with Gasteiger partial charge in [-0.15, -0.1) is 0 Å². The number of benzene rings is 2. The number of hydrogen-bond donors (Lipinski definition) is 1. The van der Waals surface area contributed by atoms with Gasteiger partial charge in [-0.2, -0.15) is 5.10 Å². The molecule has 34 heavy (non-hydrogen) atoms. The van der Waals surface area contributed by atoms with Crippen LogP contribution in [0.2, 0.25) is 0 Å². The highest BCUT2D eigenvalue weighted by Crippen LogP contribution is 2.34. The molecule has 1 aliphatic rings. The topological polar surface area (TPSA) is 81.6 Å². The van der Waals surface area contributed by atoms with Gasteiger partial charge in [-0.3, -0.25) is 14.5 Å². The third-order valence-corrected chi connectivity index (χ3v) is 6.20. The van der Waals surface area contributed by atoms with Crippen LogP contribution in [0.4, 0.5) is 0 Å². The highest BCUT2D eigenvalue weighted by molar-refractivity contribution is 7.71. The zero-order chi connectivity index (χ0) is 24.1. The van der Waals surface area contributed by atoms with Gasteiger partial charge < -0.3 is 19.1 Å². The summed E-state index contributed by atoms with van der Waals surface area (Å²) < 4.78 is 19.1. The molecule has 2 aromatic carbocycles. The van der Waals surface area contributed by atoms with Crippen LogP contribution in [-0.2, 0) is 24.3 Å². The zero-order valence-electron chi connectivity index (χ0n) is 19.8. The number of nitrogens with zero attached hydrogens (tertiary/aromatic N) is 3. The Bertz CT molecular complexity index is 1200. The van der Waals surface area contributed by atoms with Crippen molar-refractivity contribution in [2.45, 2.75) is 39.8 Å². The van der Waals surface area contributed by atoms with Crippen molar-refractivity contribution in [1.82, 2.24) is 19.7 Å². The van der Waals surface area contributed by atoms with E-state index in [0.717, 1.165) is 34.8 Å². The van der Waals surface area contributed by atoms with Gasteiger partial charge in [0.15, 0.2) is 22.1 Å². The summed E-state index contributed by atoms with van der Waals surface area (Å²) in [5, 5.41) is 7.21. The summed E-state index contributed by atoms with van der Waals surface area (Å²) in [6, 6.07) is 11.7. The van der Waals surface area contributed by atoms with Crippen molar-refractivity contribution in [3.8, 4) is 28.6 Å². The Morgan fingerprint density at radius 3 is 2.41 bits per heavy atom. The summed E-state index contributed by atoms with van der Waals surface area (Å²) >= 11 is 5.42. The number of carbonyl (C=O) groups excluding carboxylic acids is 1. The van der Waals surface area contributed by atoms with Crippen molar-refractivity contribution >= 4 is 18.1 Å². The number of methoxy groups -OCH3 is 1. The summed E-state index contributed by atoms with van der Waals surface area (Å²) in [6.07, 6.45) is 1.12. The predicted molar refractivity (Wildman–Crippen MR) is 132 cm³/mol. The van der Waals surface area contributed by atoms with Crippen molar-refractivity contribution in [1.29, 1.82) is 0 Å². The Kier molecular flexibility index (Phi) is 7.52. The summed E-state index contributed by atoms with van der Waals surface area (Å²) in [5.41, 5.74) is 3.21. The Labute approximate surface area is 204 Å². The maximum atomic E-state index is 13.1. The monoisotopic (exact) mass is 482 g/mol. The van der Waals surface area contributed by atoms with E-state index in [2.05, 4.69) is 16.3 Å². The molecule has 0 fully saturated rings. The fraction of sp³-hybridized carbons (Fsp3) is 0.400. The van der Waals surface area contributed by atoms with Crippen LogP contribution in [-0.4, -0.2) is 52.4 Å². The third-order valence-electron chi connectivity index (χ3n) is 5.89. The van der Waals surface area contributed by atoms with E-state index in [1.54, 1.807) is 7.11 Å². The second-order valence-electron chi connectivity index (χ2n) is 7.98. The number of fused-ring (bicyclic) bond motifs is 1. The minimum Gasteiger partial charge on any atom is -0.497 e. The first kappa shape index (κ1) is 23.8. The summed E-state index contributed by atoms with van der Waals surface area (Å²) in [7, 11) is 1.63. The summed E-state index contributed by atoms with van der Waals surface area (Å²) in [5.74, 6) is 3.05. The lowest BCUT2D eigenvalue weighted by Gasteiger charge is -2.30. The van der Waals surface area contributed by atoms with Crippen LogP contribution in [0, 0.1) is 4.77 Å². The second kappa shape index (κ2) is 10.7. The van der Waals surface area contributed by atoms with Crippen molar-refractivity contribution in [2.24, 2.45) is 0 Å². The fourth-order valence-electron chi connectivity index (χ4n) is 4.16. The van der Waals surface area contributed by atoms with Crippen LogP contribution in [0.1, 0.15) is 31.4 Å². The van der Waals surface area contributed by atoms with Gasteiger partial charge in [0.05, 0.1) is 20.3 Å². The van der Waals surface area contributed by atoms with E-state index in [0.29, 0.717) is 49.9 Å². The van der Waals surface area contributed by atoms with Crippen LogP contribution in [0.25, 0.3) is 11.4 Å². The average molecular weight is 483 g/mol. The molecule has 0 aliphatic carbocycles. The van der Waals surface area contributed by atoms with Crippen molar-refractivity contribution in [3.63, 3.8) is 0 Å². The largest absolute Gasteiger partial charge is 0.497 e. The number of amides is 1. The van der Waals surface area contributed by atoms with Crippen LogP contribution >= 0.6 is 12.2 Å². The van der Waals surface area contributed by atoms with Gasteiger partial charge in [0.2, 0.25) is 5.91 Å². The molecule has 2 heterocycles. The first-order chi connectivity index (χ1) is 16.5. The molecule has 1 amide bonds. The standard InChI is InChI=1S/C25H30N4O4S/c1-4-32-21-14-18-10-12-28(16-19(18)15-22(21)33-5-2)23(30)11-13-29-24(26-27-25(29)34)17-6-8-20(31-3)9-7-17/h6-9,14-15H,4-5,10-13,16H2,1-3H3,(H,27,34). The number of rotatable bonds is 9. The third kappa shape index (κ3) is 5.09. The minimum atomic E-state index is 0.0845. The average Bonchev–Trinajstić information content (AvgIpc) is 3.23. The highest BCUT2D eigenvalue weighted by atomic mass is 32.1. The first-order valence-corrected chi connectivity index (χ1v) is 11.9. The molecule has 1 aromatic heterocycles. The molecule has 3 aromatic rings. The highest BCUT2D eigenvalue weighted by Gasteiger charge is 2.23. The molecule has 0 spiro atoms. The number of nitrogens with one attached hydrogen (secondary N) is 1. The van der Waals surface area contributed by atoms with E-state index in [9.17, 15) is 4.79 Å². The van der Waals surface area contributed by atoms with Gasteiger partial charge in [0, 0.05) is 31.6 Å². The first-order valence-electron chi connectivity index (χ1n) is 11.5. The zero-order valence-corrected chi connectivity index (χ0v) is 20.6. The van der Waals surface area contributed by atoms with E-state index in [1.165, 1.54) is 5.56 Å². The molecule has 180 valence electrons. The van der Waals surface area contributed by atoms with Gasteiger partial charge in [-0.05, 0) is 80.0 Å². The number of aromatic amines is 1. The SMILES string of the molecule is CCOc1cc2c(cc1OCC)CN(C(=O)CCn1c(-c3ccc(OC)cc3)n[nH]c1=S)CC2. The van der Waals surface area contributed by atoms with Gasteiger partial charge in [0.25, 0.3) is 0 Å². The van der Waals surface area contributed by atoms with Gasteiger partial charge in [-0.25, -0.2) is 0 Å². The molecule has 0 bridgehead atoms. The smallest absolute Gasteiger partial charge is 0.224 e. The molecule has 1 aliphatic heterocycles. The molecule has 0 unspecified atom stereocenters. The lowest BCUT2D eigenvalue weighted by atomic mass is 9.98. The maximum Gasteiger partial charge on any atom is 0.224 e. The van der Waals surface area contributed by atoms with Gasteiger partial charge >= 0.3 is 0 Å². The minimum absolute atomic E-state index is 0.0845. The van der Waals surface area contributed by atoms with Crippen LogP contribution < -0.4 is 14.2 Å². The lowest BCUT2D eigenvalue weighted by Crippen LogP contribution is -2.36. The Balaban J connectivity index is 1.45. The molecular formula is C25H30N4O4S. The maximum absolute atomic E-state index is 13.1. The van der Waals surface area contributed by atoms with E-state index in [-0.39, 0.29) is 5.91 Å². The second-order valence-corrected chi connectivity index (χ2v) is 8.37. The molecule has 4 rings (SSSR count). The molecule has 1 N–H and O–H groups in total. The molecule has 0 saturated carbocycles. The summed E-state index contributed by atoms with van der Waals surface area (Å²) in [4.78, 5) is 15.0. The normalized spacial score (nSPS) is 12.9. The van der Waals surface area contributed by atoms with Gasteiger partial charge in [-0.1, -0.05) is 0 Å². The Hall–Kier alpha value is -3.33. The van der Waals surface area contributed by atoms with Crippen LogP contribution in [0.5, 0.6) is 17.2 Å². The molecule has 0 atom stereocenters. The Morgan fingerprint density at radius 2 is 1.76 bits per heavy atom. The van der Waals surface area contributed by atoms with E-state index in [4.69, 9.17) is 26.4 Å². The lowest BCUT2D eigenvalue weighted by molar-refractivity contribution is -0.132. The molecular weight excluding hydrogens is 452 g/mol. The molecule has 0 saturated heterocycles. The van der Waals surface area contributed by atoms with Gasteiger partial charge in [0.1, 0.15) is 5.75 Å². The van der Waals surface area contributed by atoms with Crippen LogP contribution in [0.3, 0.4) is 0 Å². The predicted octanol–water partition coefficient (Wildman–Crippen LogP) is 4.39. The molecule has 8 nitrogen and oxygen atoms in total. The number of H-pyrrole nitrogens is 1. The summed E-state index contributed by atoms with van der Waals surface area (Å²) in [6.45, 7) is 6.73. The van der Waals surface area contributed by atoms with E-state index >= 15 is 0 Å². The number of hydrogen-bond acceptors (Lipinski definition) is 6. The Morgan fingerprint density at radius 1 is 1.09 bits per heavy atom. The van der Waals surface area contributed by atoms with Crippen LogP contribution in [0.15, 0.2) is 36.4 Å². The van der Waals surface area contributed by atoms with Crippen molar-refractivity contribution in [2.75, 3.05) is 26.9 Å². The van der Waals surface area contributed by atoms with Crippen molar-refractivity contribution in [3.05, 3.63) is 52.3 Å².